The maximum Gasteiger partial charge on any atom is 0.252 e. The fourth-order valence-corrected chi connectivity index (χ4v) is 2.93. The van der Waals surface area contributed by atoms with Crippen molar-refractivity contribution in [3.8, 4) is 0 Å². The van der Waals surface area contributed by atoms with Crippen molar-refractivity contribution in [1.29, 1.82) is 0 Å². The van der Waals surface area contributed by atoms with Crippen molar-refractivity contribution >= 4 is 23.0 Å². The van der Waals surface area contributed by atoms with E-state index in [1.807, 2.05) is 11.5 Å². The van der Waals surface area contributed by atoms with E-state index in [0.29, 0.717) is 22.9 Å². The largest absolute Gasteiger partial charge is 0.385 e. The minimum atomic E-state index is -0.284. The highest BCUT2D eigenvalue weighted by Crippen LogP contribution is 2.17. The highest BCUT2D eigenvalue weighted by Gasteiger charge is 2.18. The van der Waals surface area contributed by atoms with E-state index in [4.69, 9.17) is 4.74 Å². The van der Waals surface area contributed by atoms with Gasteiger partial charge in [0.2, 0.25) is 0 Å². The fourth-order valence-electron chi connectivity index (χ4n) is 2.14. The minimum absolute atomic E-state index is 0.0417. The number of hydrogen-bond acceptors (Lipinski definition) is 6. The Morgan fingerprint density at radius 3 is 2.91 bits per heavy atom. The third kappa shape index (κ3) is 4.46. The fraction of sp³-hybridized carbons (Fsp3) is 0.467. The molecule has 0 aliphatic heterocycles. The lowest BCUT2D eigenvalue weighted by atomic mass is 10.2. The van der Waals surface area contributed by atoms with E-state index < -0.39 is 0 Å². The molecule has 0 saturated carbocycles. The predicted octanol–water partition coefficient (Wildman–Crippen LogP) is 2.07. The van der Waals surface area contributed by atoms with Crippen LogP contribution in [0.25, 0.3) is 0 Å². The zero-order chi connectivity index (χ0) is 16.8. The van der Waals surface area contributed by atoms with E-state index in [1.165, 1.54) is 18.3 Å². The van der Waals surface area contributed by atoms with Crippen LogP contribution in [0.2, 0.25) is 0 Å². The van der Waals surface area contributed by atoms with Crippen LogP contribution in [0.5, 0.6) is 0 Å². The molecule has 1 amide bonds. The zero-order valence-electron chi connectivity index (χ0n) is 13.4. The Morgan fingerprint density at radius 2 is 2.26 bits per heavy atom. The number of rotatable bonds is 8. The summed E-state index contributed by atoms with van der Waals surface area (Å²) in [6.07, 6.45) is 2.49. The predicted molar refractivity (Wildman–Crippen MR) is 86.7 cm³/mol. The van der Waals surface area contributed by atoms with Gasteiger partial charge >= 0.3 is 0 Å². The second-order valence-electron chi connectivity index (χ2n) is 5.18. The summed E-state index contributed by atoms with van der Waals surface area (Å²) in [6, 6.07) is 1.33. The van der Waals surface area contributed by atoms with Gasteiger partial charge in [0, 0.05) is 25.6 Å². The first-order valence-electron chi connectivity index (χ1n) is 7.30. The number of aryl methyl sites for hydroxylation is 1. The van der Waals surface area contributed by atoms with Gasteiger partial charge in [-0.05, 0) is 26.3 Å². The minimum Gasteiger partial charge on any atom is -0.385 e. The highest BCUT2D eigenvalue weighted by atomic mass is 32.1. The summed E-state index contributed by atoms with van der Waals surface area (Å²) in [5.74, 6) is 0.421. The molecular weight excluding hydrogens is 316 g/mol. The lowest BCUT2D eigenvalue weighted by molar-refractivity contribution is 0.0937. The van der Waals surface area contributed by atoms with E-state index in [2.05, 4.69) is 15.5 Å². The maximum atomic E-state index is 12.3. The average Bonchev–Trinajstić information content (AvgIpc) is 3.16. The quantitative estimate of drug-likeness (QED) is 0.589. The molecule has 8 heteroatoms. The van der Waals surface area contributed by atoms with Crippen LogP contribution in [-0.2, 0) is 11.3 Å². The van der Waals surface area contributed by atoms with Crippen LogP contribution in [0.3, 0.4) is 0 Å². The number of amides is 1. The summed E-state index contributed by atoms with van der Waals surface area (Å²) >= 11 is 1.27. The number of nitrogens with one attached hydrogen (secondary N) is 1. The number of carbonyl (C=O) groups excluding carboxylic acids is 2. The zero-order valence-corrected chi connectivity index (χ0v) is 14.2. The van der Waals surface area contributed by atoms with Gasteiger partial charge in [-0.15, -0.1) is 21.5 Å². The van der Waals surface area contributed by atoms with Gasteiger partial charge in [-0.3, -0.25) is 9.59 Å². The number of nitrogens with zero attached hydrogens (tertiary/aromatic N) is 3. The lowest BCUT2D eigenvalue weighted by Crippen LogP contribution is -2.28. The van der Waals surface area contributed by atoms with Gasteiger partial charge in [0.05, 0.1) is 16.5 Å². The van der Waals surface area contributed by atoms with Crippen molar-refractivity contribution in [2.24, 2.45) is 0 Å². The number of aromatic nitrogens is 3. The van der Waals surface area contributed by atoms with Gasteiger partial charge < -0.3 is 14.6 Å². The second-order valence-corrected chi connectivity index (χ2v) is 6.09. The molecule has 23 heavy (non-hydrogen) atoms. The molecule has 0 fully saturated rings. The molecule has 0 aromatic carbocycles. The van der Waals surface area contributed by atoms with Crippen LogP contribution in [0.1, 0.15) is 52.2 Å². The first kappa shape index (κ1) is 17.3. The molecular formula is C15H20N4O3S. The molecule has 2 aromatic heterocycles. The van der Waals surface area contributed by atoms with Crippen molar-refractivity contribution in [3.05, 3.63) is 34.0 Å². The molecule has 1 N–H and O–H groups in total. The molecule has 2 heterocycles. The Labute approximate surface area is 138 Å². The maximum absolute atomic E-state index is 12.3. The third-order valence-corrected chi connectivity index (χ3v) is 4.37. The van der Waals surface area contributed by atoms with E-state index in [9.17, 15) is 9.59 Å². The number of ether oxygens (including phenoxy) is 1. The summed E-state index contributed by atoms with van der Waals surface area (Å²) in [7, 11) is 1.66. The summed E-state index contributed by atoms with van der Waals surface area (Å²) in [6.45, 7) is 4.72. The molecule has 2 aromatic rings. The molecule has 0 unspecified atom stereocenters. The molecule has 0 aliphatic carbocycles. The van der Waals surface area contributed by atoms with Crippen LogP contribution in [0.4, 0.5) is 0 Å². The standard InChI is InChI=1S/C15H20N4O3S/c1-10(14-18-16-9-19(14)5-4-6-22-3)17-15(21)12-7-13(11(2)20)23-8-12/h7-10H,4-6H2,1-3H3,(H,17,21)/t10-/m1/s1. The van der Waals surface area contributed by atoms with Crippen LogP contribution >= 0.6 is 11.3 Å². The Bertz CT molecular complexity index is 680. The molecule has 1 atom stereocenters. The molecule has 0 radical (unpaired) electrons. The number of methoxy groups -OCH3 is 1. The normalized spacial score (nSPS) is 12.1. The number of carbonyl (C=O) groups is 2. The number of hydrogen-bond donors (Lipinski definition) is 1. The highest BCUT2D eigenvalue weighted by molar-refractivity contribution is 7.12. The molecule has 0 bridgehead atoms. The first-order chi connectivity index (χ1) is 11.0. The van der Waals surface area contributed by atoms with Crippen LogP contribution < -0.4 is 5.32 Å². The average molecular weight is 336 g/mol. The second kappa shape index (κ2) is 7.98. The Morgan fingerprint density at radius 1 is 1.48 bits per heavy atom. The van der Waals surface area contributed by atoms with Crippen molar-refractivity contribution < 1.29 is 14.3 Å². The number of ketones is 1. The van der Waals surface area contributed by atoms with Crippen molar-refractivity contribution in [1.82, 2.24) is 20.1 Å². The Hall–Kier alpha value is -2.06. The summed E-state index contributed by atoms with van der Waals surface area (Å²) < 4.78 is 6.94. The molecule has 0 aliphatic rings. The van der Waals surface area contributed by atoms with Crippen LogP contribution in [0.15, 0.2) is 17.8 Å². The number of thiophene rings is 1. The summed E-state index contributed by atoms with van der Waals surface area (Å²) in [5, 5.41) is 12.6. The van der Waals surface area contributed by atoms with Gasteiger partial charge in [0.1, 0.15) is 6.33 Å². The van der Waals surface area contributed by atoms with Gasteiger partial charge in [0.15, 0.2) is 11.6 Å². The van der Waals surface area contributed by atoms with Crippen molar-refractivity contribution in [2.75, 3.05) is 13.7 Å². The van der Waals surface area contributed by atoms with E-state index >= 15 is 0 Å². The third-order valence-electron chi connectivity index (χ3n) is 3.34. The topological polar surface area (TPSA) is 86.1 Å². The Kier molecular flexibility index (Phi) is 6.00. The number of Topliss-reactive ketones (excluding diaryl/α,β-unsaturated/α-hetero) is 1. The van der Waals surface area contributed by atoms with E-state index in [-0.39, 0.29) is 17.7 Å². The molecule has 7 nitrogen and oxygen atoms in total. The molecule has 0 saturated heterocycles. The van der Waals surface area contributed by atoms with Crippen LogP contribution in [-0.4, -0.2) is 40.2 Å². The van der Waals surface area contributed by atoms with Gasteiger partial charge in [0.25, 0.3) is 5.91 Å². The monoisotopic (exact) mass is 336 g/mol. The van der Waals surface area contributed by atoms with Crippen molar-refractivity contribution in [3.63, 3.8) is 0 Å². The van der Waals surface area contributed by atoms with E-state index in [1.54, 1.807) is 24.9 Å². The van der Waals surface area contributed by atoms with Gasteiger partial charge in [-0.25, -0.2) is 0 Å². The summed E-state index contributed by atoms with van der Waals surface area (Å²) in [4.78, 5) is 24.1. The van der Waals surface area contributed by atoms with Crippen molar-refractivity contribution in [2.45, 2.75) is 32.9 Å². The van der Waals surface area contributed by atoms with Gasteiger partial charge in [-0.1, -0.05) is 0 Å². The lowest BCUT2D eigenvalue weighted by Gasteiger charge is -2.14. The molecule has 124 valence electrons. The van der Waals surface area contributed by atoms with Crippen LogP contribution in [0, 0.1) is 0 Å². The first-order valence-corrected chi connectivity index (χ1v) is 8.18. The SMILES string of the molecule is COCCCn1cnnc1[C@@H](C)NC(=O)c1csc(C(C)=O)c1. The smallest absolute Gasteiger partial charge is 0.252 e. The Balaban J connectivity index is 2.00. The van der Waals surface area contributed by atoms with Gasteiger partial charge in [-0.2, -0.15) is 0 Å². The molecule has 0 spiro atoms. The summed E-state index contributed by atoms with van der Waals surface area (Å²) in [5.41, 5.74) is 0.484. The van der Waals surface area contributed by atoms with E-state index in [0.717, 1.165) is 13.0 Å². The molecule has 2 rings (SSSR count).